The van der Waals surface area contributed by atoms with E-state index in [0.29, 0.717) is 39.6 Å². The molecule has 0 atom stereocenters. The van der Waals surface area contributed by atoms with E-state index < -0.39 is 8.80 Å². The highest BCUT2D eigenvalue weighted by molar-refractivity contribution is 6.60. The van der Waals surface area contributed by atoms with Crippen LogP contribution < -0.4 is 5.32 Å². The first-order valence-electron chi connectivity index (χ1n) is 7.93. The number of nitrogens with one attached hydrogen (secondary N) is 1. The third kappa shape index (κ3) is 11.2. The van der Waals surface area contributed by atoms with Crippen LogP contribution in [0.5, 0.6) is 0 Å². The van der Waals surface area contributed by atoms with Gasteiger partial charge in [0.05, 0.1) is 19.8 Å². The molecule has 0 rings (SSSR count). The van der Waals surface area contributed by atoms with Crippen molar-refractivity contribution in [1.82, 2.24) is 5.32 Å². The smallest absolute Gasteiger partial charge is 0.382 e. The summed E-state index contributed by atoms with van der Waals surface area (Å²) in [5.41, 5.74) is 0. The van der Waals surface area contributed by atoms with Crippen molar-refractivity contribution >= 4 is 8.80 Å². The van der Waals surface area contributed by atoms with Crippen molar-refractivity contribution in [2.75, 3.05) is 59.8 Å². The summed E-state index contributed by atoms with van der Waals surface area (Å²) < 4.78 is 27.7. The third-order valence-corrected chi connectivity index (χ3v) is 5.94. The van der Waals surface area contributed by atoms with E-state index in [9.17, 15) is 0 Å². The Labute approximate surface area is 130 Å². The zero-order chi connectivity index (χ0) is 15.8. The molecule has 0 aromatic carbocycles. The van der Waals surface area contributed by atoms with Gasteiger partial charge in [0, 0.05) is 39.5 Å². The van der Waals surface area contributed by atoms with Crippen LogP contribution in [-0.2, 0) is 22.8 Å². The first-order valence-corrected chi connectivity index (χ1v) is 9.87. The molecule has 0 aromatic heterocycles. The van der Waals surface area contributed by atoms with Crippen LogP contribution in [-0.4, -0.2) is 68.6 Å². The molecule has 0 fully saturated rings. The molecule has 0 bridgehead atoms. The van der Waals surface area contributed by atoms with Crippen LogP contribution in [0.4, 0.5) is 0 Å². The lowest BCUT2D eigenvalue weighted by Crippen LogP contribution is -2.46. The molecule has 6 nitrogen and oxygen atoms in total. The van der Waals surface area contributed by atoms with Crippen LogP contribution in [0.15, 0.2) is 0 Å². The van der Waals surface area contributed by atoms with Gasteiger partial charge < -0.3 is 28.1 Å². The van der Waals surface area contributed by atoms with Crippen molar-refractivity contribution in [3.8, 4) is 0 Å². The summed E-state index contributed by atoms with van der Waals surface area (Å²) in [4.78, 5) is 0. The zero-order valence-corrected chi connectivity index (χ0v) is 15.1. The van der Waals surface area contributed by atoms with Crippen LogP contribution in [0, 0.1) is 0 Å². The Bertz CT molecular complexity index is 205. The molecule has 0 aliphatic heterocycles. The van der Waals surface area contributed by atoms with E-state index in [-0.39, 0.29) is 0 Å². The minimum Gasteiger partial charge on any atom is -0.382 e. The highest BCUT2D eigenvalue weighted by Crippen LogP contribution is 2.17. The summed E-state index contributed by atoms with van der Waals surface area (Å²) in [5, 5.41) is 3.35. The Morgan fingerprint density at radius 1 is 0.810 bits per heavy atom. The highest BCUT2D eigenvalue weighted by atomic mass is 28.4. The Morgan fingerprint density at radius 3 is 1.95 bits per heavy atom. The van der Waals surface area contributed by atoms with Crippen molar-refractivity contribution in [3.63, 3.8) is 0 Å². The van der Waals surface area contributed by atoms with Crippen molar-refractivity contribution in [2.24, 2.45) is 0 Å². The normalized spacial score (nSPS) is 12.0. The predicted octanol–water partition coefficient (Wildman–Crippen LogP) is 1.68. The summed E-state index contributed by atoms with van der Waals surface area (Å²) in [6.07, 6.45) is 0.976. The average Bonchev–Trinajstić information content (AvgIpc) is 2.46. The van der Waals surface area contributed by atoms with Gasteiger partial charge in [0.1, 0.15) is 0 Å². The summed E-state index contributed by atoms with van der Waals surface area (Å²) in [6.45, 7) is 11.6. The second-order valence-corrected chi connectivity index (χ2v) is 7.17. The summed E-state index contributed by atoms with van der Waals surface area (Å²) in [5.74, 6) is 0. The molecule has 0 saturated heterocycles. The molecule has 21 heavy (non-hydrogen) atoms. The lowest BCUT2D eigenvalue weighted by atomic mass is 10.5. The topological polar surface area (TPSA) is 58.2 Å². The van der Waals surface area contributed by atoms with Crippen LogP contribution >= 0.6 is 0 Å². The summed E-state index contributed by atoms with van der Waals surface area (Å²) in [7, 11) is -0.796. The van der Waals surface area contributed by atoms with Gasteiger partial charge in [-0.05, 0) is 33.7 Å². The molecular weight excluding hydrogens is 290 g/mol. The molecule has 0 aliphatic rings. The molecule has 0 heterocycles. The first-order chi connectivity index (χ1) is 10.2. The van der Waals surface area contributed by atoms with Gasteiger partial charge in [-0.15, -0.1) is 0 Å². The Kier molecular flexibility index (Phi) is 14.9. The molecule has 1 N–H and O–H groups in total. The van der Waals surface area contributed by atoms with E-state index in [0.717, 1.165) is 25.6 Å². The number of hydrogen-bond donors (Lipinski definition) is 1. The van der Waals surface area contributed by atoms with E-state index in [4.69, 9.17) is 22.8 Å². The lowest BCUT2D eigenvalue weighted by Gasteiger charge is -2.28. The van der Waals surface area contributed by atoms with Crippen LogP contribution in [0.1, 0.15) is 27.2 Å². The Balaban J connectivity index is 3.76. The Morgan fingerprint density at radius 2 is 1.43 bits per heavy atom. The van der Waals surface area contributed by atoms with Gasteiger partial charge in [-0.2, -0.15) is 0 Å². The zero-order valence-electron chi connectivity index (χ0n) is 14.1. The monoisotopic (exact) mass is 323 g/mol. The van der Waals surface area contributed by atoms with E-state index in [1.54, 1.807) is 7.11 Å². The number of ether oxygens (including phenoxy) is 2. The Hall–Kier alpha value is -0.0231. The average molecular weight is 324 g/mol. The second-order valence-electron chi connectivity index (χ2n) is 4.44. The third-order valence-electron chi connectivity index (χ3n) is 2.78. The summed E-state index contributed by atoms with van der Waals surface area (Å²) >= 11 is 0. The van der Waals surface area contributed by atoms with Gasteiger partial charge in [-0.1, -0.05) is 0 Å². The second kappa shape index (κ2) is 14.9. The molecule has 128 valence electrons. The maximum atomic E-state index is 5.81. The fourth-order valence-electron chi connectivity index (χ4n) is 1.94. The molecule has 0 saturated carbocycles. The van der Waals surface area contributed by atoms with E-state index in [1.807, 2.05) is 20.8 Å². The molecule has 0 spiro atoms. The van der Waals surface area contributed by atoms with Crippen molar-refractivity contribution in [2.45, 2.75) is 33.2 Å². The molecular formula is C14H33NO5Si. The first kappa shape index (κ1) is 21.0. The minimum atomic E-state index is -2.47. The number of hydrogen-bond acceptors (Lipinski definition) is 6. The van der Waals surface area contributed by atoms with Crippen molar-refractivity contribution in [1.29, 1.82) is 0 Å². The lowest BCUT2D eigenvalue weighted by molar-refractivity contribution is 0.0694. The van der Waals surface area contributed by atoms with Gasteiger partial charge in [0.2, 0.25) is 0 Å². The van der Waals surface area contributed by atoms with Gasteiger partial charge in [0.15, 0.2) is 0 Å². The largest absolute Gasteiger partial charge is 0.500 e. The predicted molar refractivity (Wildman–Crippen MR) is 85.6 cm³/mol. The maximum absolute atomic E-state index is 5.81. The number of methoxy groups -OCH3 is 1. The molecule has 7 heteroatoms. The fourth-order valence-corrected chi connectivity index (χ4v) is 4.56. The van der Waals surface area contributed by atoms with Gasteiger partial charge in [-0.3, -0.25) is 0 Å². The van der Waals surface area contributed by atoms with E-state index in [1.165, 1.54) is 0 Å². The van der Waals surface area contributed by atoms with Gasteiger partial charge >= 0.3 is 8.80 Å². The van der Waals surface area contributed by atoms with E-state index >= 15 is 0 Å². The van der Waals surface area contributed by atoms with Gasteiger partial charge in [-0.25, -0.2) is 0 Å². The quantitative estimate of drug-likeness (QED) is 0.344. The van der Waals surface area contributed by atoms with Crippen LogP contribution in [0.25, 0.3) is 0 Å². The fraction of sp³-hybridized carbons (Fsp3) is 1.00. The van der Waals surface area contributed by atoms with Crippen molar-refractivity contribution in [3.05, 3.63) is 0 Å². The standard InChI is InChI=1S/C14H33NO5Si/c1-5-18-21(19-6-2,20-7-3)14-8-9-15-10-11-17-13-12-16-4/h15H,5-14H2,1-4H3. The number of rotatable bonds is 16. The molecule has 0 aliphatic carbocycles. The molecule has 0 aromatic rings. The summed E-state index contributed by atoms with van der Waals surface area (Å²) in [6, 6.07) is 0.847. The van der Waals surface area contributed by atoms with Crippen molar-refractivity contribution < 1.29 is 22.8 Å². The molecule has 0 unspecified atom stereocenters. The maximum Gasteiger partial charge on any atom is 0.500 e. The molecule has 0 radical (unpaired) electrons. The van der Waals surface area contributed by atoms with Crippen LogP contribution in [0.3, 0.4) is 0 Å². The van der Waals surface area contributed by atoms with Gasteiger partial charge in [0.25, 0.3) is 0 Å². The van der Waals surface area contributed by atoms with E-state index in [2.05, 4.69) is 5.32 Å². The minimum absolute atomic E-state index is 0.632. The van der Waals surface area contributed by atoms with Crippen LogP contribution in [0.2, 0.25) is 6.04 Å². The highest BCUT2D eigenvalue weighted by Gasteiger charge is 2.39. The SMILES string of the molecule is CCO[Si](CCCNCCOCCOC)(OCC)OCC. The molecule has 0 amide bonds.